The predicted octanol–water partition coefficient (Wildman–Crippen LogP) is -3.37. The van der Waals surface area contributed by atoms with E-state index < -0.39 is 35.7 Å². The fourth-order valence-electron chi connectivity index (χ4n) is 1.29. The van der Waals surface area contributed by atoms with E-state index in [1.807, 2.05) is 5.32 Å². The van der Waals surface area contributed by atoms with Gasteiger partial charge in [0.1, 0.15) is 12.1 Å². The number of hydrogen-bond donors (Lipinski definition) is 3. The Labute approximate surface area is 71.8 Å². The lowest BCUT2D eigenvalue weighted by Crippen LogP contribution is -2.63. The SMILES string of the molecule is O=C1NC2C(=O)NC(=O)C2NC1=O. The maximum Gasteiger partial charge on any atom is 0.310 e. The van der Waals surface area contributed by atoms with E-state index in [1.165, 1.54) is 0 Å². The molecule has 0 aromatic heterocycles. The average Bonchev–Trinajstić information content (AvgIpc) is 2.31. The highest BCUT2D eigenvalue weighted by Crippen LogP contribution is 2.06. The highest BCUT2D eigenvalue weighted by atomic mass is 16.2. The molecule has 2 aliphatic heterocycles. The van der Waals surface area contributed by atoms with E-state index >= 15 is 0 Å². The molecule has 2 heterocycles. The maximum atomic E-state index is 11.0. The van der Waals surface area contributed by atoms with Crippen LogP contribution in [0.3, 0.4) is 0 Å². The van der Waals surface area contributed by atoms with E-state index in [-0.39, 0.29) is 0 Å². The van der Waals surface area contributed by atoms with Crippen molar-refractivity contribution in [2.24, 2.45) is 0 Å². The van der Waals surface area contributed by atoms with E-state index in [2.05, 4.69) is 10.6 Å². The van der Waals surface area contributed by atoms with Crippen LogP contribution >= 0.6 is 0 Å². The summed E-state index contributed by atoms with van der Waals surface area (Å²) >= 11 is 0. The first kappa shape index (κ1) is 7.71. The summed E-state index contributed by atoms with van der Waals surface area (Å²) in [4.78, 5) is 43.5. The van der Waals surface area contributed by atoms with Gasteiger partial charge in [-0.3, -0.25) is 24.5 Å². The summed E-state index contributed by atoms with van der Waals surface area (Å²) in [7, 11) is 0. The third kappa shape index (κ3) is 0.968. The molecule has 0 aromatic rings. The number of nitrogens with one attached hydrogen (secondary N) is 3. The van der Waals surface area contributed by atoms with E-state index in [4.69, 9.17) is 0 Å². The van der Waals surface area contributed by atoms with Gasteiger partial charge in [0.2, 0.25) is 0 Å². The molecule has 4 amide bonds. The monoisotopic (exact) mass is 183 g/mol. The van der Waals surface area contributed by atoms with Gasteiger partial charge in [-0.15, -0.1) is 0 Å². The number of imide groups is 1. The third-order valence-electron chi connectivity index (χ3n) is 1.92. The fourth-order valence-corrected chi connectivity index (χ4v) is 1.29. The first-order valence-electron chi connectivity index (χ1n) is 3.55. The number of carbonyl (C=O) groups is 4. The topological polar surface area (TPSA) is 104 Å². The van der Waals surface area contributed by atoms with Crippen LogP contribution in [0.2, 0.25) is 0 Å². The molecule has 3 N–H and O–H groups in total. The number of hydrogen-bond acceptors (Lipinski definition) is 4. The van der Waals surface area contributed by atoms with Gasteiger partial charge in [-0.1, -0.05) is 0 Å². The van der Waals surface area contributed by atoms with Crippen LogP contribution in [0.15, 0.2) is 0 Å². The molecule has 7 heteroatoms. The first-order valence-corrected chi connectivity index (χ1v) is 3.55. The summed E-state index contributed by atoms with van der Waals surface area (Å²) < 4.78 is 0. The summed E-state index contributed by atoms with van der Waals surface area (Å²) in [5.41, 5.74) is 0. The molecular formula is C6H5N3O4. The lowest BCUT2D eigenvalue weighted by molar-refractivity contribution is -0.144. The zero-order chi connectivity index (χ0) is 9.59. The molecule has 2 aliphatic rings. The van der Waals surface area contributed by atoms with E-state index in [9.17, 15) is 19.2 Å². The lowest BCUT2D eigenvalue weighted by atomic mass is 10.1. The minimum absolute atomic E-state index is 0.594. The molecule has 2 saturated heterocycles. The Kier molecular flexibility index (Phi) is 1.35. The molecule has 0 bridgehead atoms. The Balaban J connectivity index is 2.29. The number of carbonyl (C=O) groups excluding carboxylic acids is 4. The number of rotatable bonds is 0. The van der Waals surface area contributed by atoms with E-state index in [0.717, 1.165) is 0 Å². The molecule has 2 atom stereocenters. The second-order valence-corrected chi connectivity index (χ2v) is 2.76. The van der Waals surface area contributed by atoms with Crippen molar-refractivity contribution in [2.45, 2.75) is 12.1 Å². The van der Waals surface area contributed by atoms with Crippen LogP contribution in [0.4, 0.5) is 0 Å². The van der Waals surface area contributed by atoms with Crippen LogP contribution in [-0.4, -0.2) is 35.7 Å². The minimum atomic E-state index is -0.960. The molecule has 2 fully saturated rings. The van der Waals surface area contributed by atoms with Gasteiger partial charge >= 0.3 is 11.8 Å². The second kappa shape index (κ2) is 2.28. The van der Waals surface area contributed by atoms with Gasteiger partial charge in [0.05, 0.1) is 0 Å². The Bertz CT molecular complexity index is 305. The molecule has 0 aliphatic carbocycles. The normalized spacial score (nSPS) is 32.0. The second-order valence-electron chi connectivity index (χ2n) is 2.76. The van der Waals surface area contributed by atoms with Crippen LogP contribution in [0.5, 0.6) is 0 Å². The molecule has 2 unspecified atom stereocenters. The Morgan fingerprint density at radius 3 is 1.54 bits per heavy atom. The standard InChI is InChI=1S/C6H5N3O4/c10-3-1-2(4(11)9-3)8-6(13)5(12)7-1/h1-2H,(H,7,12)(H,8,13)(H,9,10,11). The molecule has 2 rings (SSSR count). The predicted molar refractivity (Wildman–Crippen MR) is 37.0 cm³/mol. The summed E-state index contributed by atoms with van der Waals surface area (Å²) in [5.74, 6) is -2.98. The molecule has 7 nitrogen and oxygen atoms in total. The van der Waals surface area contributed by atoms with Gasteiger partial charge in [0.25, 0.3) is 11.8 Å². The first-order chi connectivity index (χ1) is 6.09. The van der Waals surface area contributed by atoms with Crippen molar-refractivity contribution >= 4 is 23.6 Å². The summed E-state index contributed by atoms with van der Waals surface area (Å²) in [5, 5.41) is 6.24. The van der Waals surface area contributed by atoms with Crippen LogP contribution in [-0.2, 0) is 19.2 Å². The van der Waals surface area contributed by atoms with Crippen LogP contribution < -0.4 is 16.0 Å². The third-order valence-corrected chi connectivity index (χ3v) is 1.92. The van der Waals surface area contributed by atoms with Gasteiger partial charge in [0, 0.05) is 0 Å². The van der Waals surface area contributed by atoms with Crippen molar-refractivity contribution in [3.05, 3.63) is 0 Å². The van der Waals surface area contributed by atoms with Crippen molar-refractivity contribution in [1.29, 1.82) is 0 Å². The van der Waals surface area contributed by atoms with Gasteiger partial charge in [-0.25, -0.2) is 0 Å². The van der Waals surface area contributed by atoms with Crippen molar-refractivity contribution in [3.8, 4) is 0 Å². The van der Waals surface area contributed by atoms with E-state index in [1.54, 1.807) is 0 Å². The minimum Gasteiger partial charge on any atom is -0.334 e. The van der Waals surface area contributed by atoms with Crippen molar-refractivity contribution in [2.75, 3.05) is 0 Å². The smallest absolute Gasteiger partial charge is 0.310 e. The lowest BCUT2D eigenvalue weighted by Gasteiger charge is -2.22. The summed E-state index contributed by atoms with van der Waals surface area (Å²) in [6.45, 7) is 0. The quantitative estimate of drug-likeness (QED) is 0.269. The van der Waals surface area contributed by atoms with Gasteiger partial charge in [0.15, 0.2) is 0 Å². The molecule has 13 heavy (non-hydrogen) atoms. The Hall–Kier alpha value is -1.92. The molecule has 0 aromatic carbocycles. The Morgan fingerprint density at radius 1 is 0.769 bits per heavy atom. The summed E-state index contributed by atoms with van der Waals surface area (Å²) in [6, 6.07) is -1.92. The van der Waals surface area contributed by atoms with E-state index in [0.29, 0.717) is 0 Å². The largest absolute Gasteiger partial charge is 0.334 e. The van der Waals surface area contributed by atoms with Crippen LogP contribution in [0.1, 0.15) is 0 Å². The molecule has 0 spiro atoms. The number of piperazine rings is 1. The molecule has 0 saturated carbocycles. The highest BCUT2D eigenvalue weighted by molar-refractivity contribution is 6.38. The zero-order valence-corrected chi connectivity index (χ0v) is 6.29. The molecule has 68 valence electrons. The van der Waals surface area contributed by atoms with Crippen molar-refractivity contribution < 1.29 is 19.2 Å². The average molecular weight is 183 g/mol. The Morgan fingerprint density at radius 2 is 1.15 bits per heavy atom. The van der Waals surface area contributed by atoms with Gasteiger partial charge in [-0.05, 0) is 0 Å². The fraction of sp³-hybridized carbons (Fsp3) is 0.333. The molecule has 0 radical (unpaired) electrons. The van der Waals surface area contributed by atoms with Crippen LogP contribution in [0, 0.1) is 0 Å². The number of fused-ring (bicyclic) bond motifs is 1. The van der Waals surface area contributed by atoms with Crippen molar-refractivity contribution in [1.82, 2.24) is 16.0 Å². The highest BCUT2D eigenvalue weighted by Gasteiger charge is 2.47. The van der Waals surface area contributed by atoms with Crippen molar-refractivity contribution in [3.63, 3.8) is 0 Å². The maximum absolute atomic E-state index is 11.0. The summed E-state index contributed by atoms with van der Waals surface area (Å²) in [6.07, 6.45) is 0. The zero-order valence-electron chi connectivity index (χ0n) is 6.29. The number of amides is 4. The molecular weight excluding hydrogens is 178 g/mol. The van der Waals surface area contributed by atoms with Gasteiger partial charge in [-0.2, -0.15) is 0 Å². The van der Waals surface area contributed by atoms with Crippen LogP contribution in [0.25, 0.3) is 0 Å². The van der Waals surface area contributed by atoms with Gasteiger partial charge < -0.3 is 10.6 Å².